The molecule has 2 aliphatic rings. The molecule has 0 aromatic carbocycles. The van der Waals surface area contributed by atoms with Crippen LogP contribution >= 0.6 is 0 Å². The Balaban J connectivity index is -0.000000174. The zero-order chi connectivity index (χ0) is 74.8. The zero-order valence-corrected chi connectivity index (χ0v) is 65.9. The molecule has 2 rings (SSSR count). The third kappa shape index (κ3) is 67.6. The molecule has 0 spiro atoms. The van der Waals surface area contributed by atoms with Gasteiger partial charge in [0.2, 0.25) is 0 Å². The average Bonchev–Trinajstić information content (AvgIpc) is 3.80. The Labute approximate surface area is 540 Å². The Kier molecular flexibility index (Phi) is 41.6. The summed E-state index contributed by atoms with van der Waals surface area (Å²) in [6.45, 7) is 87.8. The van der Waals surface area contributed by atoms with Gasteiger partial charge in [-0.05, 0) is 147 Å². The van der Waals surface area contributed by atoms with Gasteiger partial charge in [0, 0.05) is 9.60 Å². The van der Waals surface area contributed by atoms with E-state index in [-0.39, 0.29) is 28.6 Å². The van der Waals surface area contributed by atoms with E-state index >= 15 is 0 Å². The molecule has 2 aliphatic carbocycles. The molecule has 0 aromatic heterocycles. The van der Waals surface area contributed by atoms with Crippen LogP contribution in [0.1, 0.15) is 422 Å². The summed E-state index contributed by atoms with van der Waals surface area (Å²) < 4.78 is 88.8. The summed E-state index contributed by atoms with van der Waals surface area (Å²) in [5, 5.41) is 0. The topological polar surface area (TPSA) is 0 Å². The minimum absolute atomic E-state index is 0.104. The molecule has 0 nitrogen and oxygen atoms in total. The van der Waals surface area contributed by atoms with Gasteiger partial charge in [-0.1, -0.05) is 361 Å². The van der Waals surface area contributed by atoms with Gasteiger partial charge in [-0.25, -0.2) is 0 Å². The first-order valence-corrected chi connectivity index (χ1v) is 34.3. The van der Waals surface area contributed by atoms with Crippen LogP contribution < -0.4 is 0 Å². The van der Waals surface area contributed by atoms with Crippen molar-refractivity contribution in [3.05, 3.63) is 0 Å². The van der Waals surface area contributed by atoms with E-state index in [1.807, 2.05) is 55.4 Å². The molecular weight excluding hydrogens is 1020 g/mol. The second kappa shape index (κ2) is 42.7. The number of hydrogen-bond acceptors (Lipinski definition) is 0. The Bertz CT molecular complexity index is 1630. The Hall–Kier alpha value is -0.210. The van der Waals surface area contributed by atoms with E-state index in [1.165, 1.54) is 117 Å². The third-order valence-corrected chi connectivity index (χ3v) is 16.1. The van der Waals surface area contributed by atoms with Gasteiger partial charge in [0.15, 0.2) is 0 Å². The van der Waals surface area contributed by atoms with Crippen molar-refractivity contribution in [3.63, 3.8) is 0 Å². The maximum Gasteiger partial charge on any atom is 0.393 e. The second-order valence-electron chi connectivity index (χ2n) is 38.0. The molecule has 0 radical (unpaired) electrons. The minimum Gasteiger partial charge on any atom is -0.171 e. The fourth-order valence-corrected chi connectivity index (χ4v) is 11.8. The highest BCUT2D eigenvalue weighted by atomic mass is 19.4. The molecule has 0 unspecified atom stereocenters. The molecule has 0 atom stereocenters. The van der Waals surface area contributed by atoms with Gasteiger partial charge in [0.25, 0.3) is 0 Å². The van der Waals surface area contributed by atoms with Crippen molar-refractivity contribution in [2.45, 2.75) is 419 Å². The molecule has 2 fully saturated rings. The normalized spacial score (nSPS) is 17.4. The van der Waals surface area contributed by atoms with E-state index in [0.29, 0.717) is 32.5 Å². The van der Waals surface area contributed by atoms with Crippen molar-refractivity contribution in [1.29, 1.82) is 0 Å². The summed E-state index contributed by atoms with van der Waals surface area (Å²) in [7, 11) is 0. The third-order valence-electron chi connectivity index (χ3n) is 16.1. The molecular formula is C80H171F3. The number of alkyl halides is 3. The molecule has 83 heavy (non-hydrogen) atoms. The number of halogens is 3. The van der Waals surface area contributed by atoms with E-state index in [1.54, 1.807) is 27.7 Å². The maximum atomic E-state index is 12.4. The van der Waals surface area contributed by atoms with E-state index in [9.17, 15) is 13.2 Å². The number of hydrogen-bond donors (Lipinski definition) is 0. The van der Waals surface area contributed by atoms with Crippen molar-refractivity contribution in [3.8, 4) is 0 Å². The van der Waals surface area contributed by atoms with Crippen molar-refractivity contribution in [1.82, 2.24) is 0 Å². The van der Waals surface area contributed by atoms with Gasteiger partial charge in [-0.3, -0.25) is 0 Å². The summed E-state index contributed by atoms with van der Waals surface area (Å²) in [6, 6.07) is 0. The van der Waals surface area contributed by atoms with Crippen LogP contribution in [0.3, 0.4) is 0 Å². The summed E-state index contributed by atoms with van der Waals surface area (Å²) in [5.41, 5.74) is 0.463. The van der Waals surface area contributed by atoms with Crippen molar-refractivity contribution in [2.75, 3.05) is 0 Å². The summed E-state index contributed by atoms with van der Waals surface area (Å²) in [5.74, 6) is 5.26. The summed E-state index contributed by atoms with van der Waals surface area (Å²) in [6.07, 6.45) is 12.7. The van der Waals surface area contributed by atoms with E-state index < -0.39 is 36.1 Å². The average molecular weight is 1200 g/mol. The molecule has 512 valence electrons. The van der Waals surface area contributed by atoms with Gasteiger partial charge in [0.1, 0.15) is 0 Å². The van der Waals surface area contributed by atoms with Crippen LogP contribution in [0.2, 0.25) is 0 Å². The van der Waals surface area contributed by atoms with E-state index in [2.05, 4.69) is 187 Å². The highest BCUT2D eigenvalue weighted by molar-refractivity contribution is 4.85. The van der Waals surface area contributed by atoms with Crippen LogP contribution in [0, 0.1) is 101 Å². The van der Waals surface area contributed by atoms with Gasteiger partial charge in [0.05, 0.1) is 5.41 Å². The van der Waals surface area contributed by atoms with Crippen LogP contribution in [0.15, 0.2) is 0 Å². The molecule has 0 amide bonds. The summed E-state index contributed by atoms with van der Waals surface area (Å²) in [4.78, 5) is 0. The van der Waals surface area contributed by atoms with Crippen LogP contribution in [0.4, 0.5) is 13.2 Å². The van der Waals surface area contributed by atoms with Crippen molar-refractivity contribution < 1.29 is 22.8 Å². The SMILES string of the molecule is CC(C)(C)C1CCCC1.CC(C)(C)C1CCCCC1.CC(C)(C)CC(C)(C)C.CC(C)(C)CC(C)(C)C(F)(F)F.CC(C)CC(C)(C)C.CCC(CC)C(C(CC)CC)C(C)(C)C.[2H]C(C)(C)C(C)(C)C.[2H]C([2H])(C)C(C)(C)C.[2H]C([2H])(C)C([2H])([2H])C(C)(C)C. The quantitative estimate of drug-likeness (QED) is 0.216. The monoisotopic (exact) mass is 1200 g/mol. The maximum absolute atomic E-state index is 12.4. The predicted octanol–water partition coefficient (Wildman–Crippen LogP) is 30.9. The smallest absolute Gasteiger partial charge is 0.171 e. The Morgan fingerprint density at radius 1 is 0.386 bits per heavy atom. The predicted molar refractivity (Wildman–Crippen MR) is 383 cm³/mol. The number of rotatable bonds is 9. The van der Waals surface area contributed by atoms with Crippen LogP contribution in [-0.4, -0.2) is 6.18 Å². The van der Waals surface area contributed by atoms with E-state index in [4.69, 9.17) is 9.60 Å². The van der Waals surface area contributed by atoms with Gasteiger partial charge in [-0.2, -0.15) is 13.2 Å². The minimum atomic E-state index is -4.10. The Morgan fingerprint density at radius 2 is 0.651 bits per heavy atom. The molecule has 0 N–H and O–H groups in total. The van der Waals surface area contributed by atoms with Gasteiger partial charge < -0.3 is 0 Å². The highest BCUT2D eigenvalue weighted by Gasteiger charge is 2.48. The molecule has 0 aromatic rings. The first kappa shape index (κ1) is 80.8. The summed E-state index contributed by atoms with van der Waals surface area (Å²) >= 11 is 0. The molecule has 0 aliphatic heterocycles. The molecule has 0 bridgehead atoms. The zero-order valence-electron chi connectivity index (χ0n) is 72.9. The lowest BCUT2D eigenvalue weighted by atomic mass is 9.64. The highest BCUT2D eigenvalue weighted by Crippen LogP contribution is 2.46. The first-order chi connectivity index (χ1) is 38.7. The van der Waals surface area contributed by atoms with Crippen LogP contribution in [0.25, 0.3) is 0 Å². The van der Waals surface area contributed by atoms with E-state index in [0.717, 1.165) is 35.5 Å². The van der Waals surface area contributed by atoms with Crippen LogP contribution in [0.5, 0.6) is 0 Å². The first-order valence-electron chi connectivity index (χ1n) is 37.8. The Morgan fingerprint density at radius 3 is 0.735 bits per heavy atom. The van der Waals surface area contributed by atoms with Crippen molar-refractivity contribution in [2.24, 2.45) is 101 Å². The van der Waals surface area contributed by atoms with Crippen molar-refractivity contribution >= 4 is 0 Å². The molecule has 0 saturated heterocycles. The lowest BCUT2D eigenvalue weighted by molar-refractivity contribution is -0.220. The molecule has 0 heterocycles. The molecule has 2 saturated carbocycles. The standard InChI is InChI=1S/C15H32.C10H20.C9H17F3.C9H18.C9H20.C8H18.2C7H16.C6H14/c1-8-12(9-2)14(15(5,6)7)13(10-3)11-4;1-10(2,3)9-7-5-4-6-8-9;1-7(2,3)6-8(4,5)9(10,11)12;1-9(2,3)8-6-4-5-7-8;1-8(2,3)7-9(4,5)6;1-7(2)6-8(3,4)5;1-6(2)7(3,4)5;1-5-6-7(2,3)4;1-5-6(2,3)4/h12-14H,8-11H2,1-7H3;9H,4-8H2,1-3H3;6H2,1-5H3;8H,4-7H2,1-3H3;7H2,1-6H3;7H,6H2,1-5H3;6H,1-5H3;5-6H2,1-4H3;5H2,1-4H3/i;;;;;;6D;5D2,6D2;5D2. The fraction of sp³-hybridized carbons (Fsp3) is 1.00. The lowest BCUT2D eigenvalue weighted by Gasteiger charge is -2.42. The fourth-order valence-electron chi connectivity index (χ4n) is 11.8. The largest absolute Gasteiger partial charge is 0.393 e. The lowest BCUT2D eigenvalue weighted by Crippen LogP contribution is -2.35. The second-order valence-corrected chi connectivity index (χ2v) is 38.0. The van der Waals surface area contributed by atoms with Gasteiger partial charge in [-0.15, -0.1) is 0 Å². The van der Waals surface area contributed by atoms with Crippen LogP contribution in [-0.2, 0) is 0 Å². The molecule has 3 heteroatoms. The van der Waals surface area contributed by atoms with Gasteiger partial charge >= 0.3 is 6.18 Å².